The summed E-state index contributed by atoms with van der Waals surface area (Å²) < 4.78 is 0. The third-order valence-electron chi connectivity index (χ3n) is 3.24. The zero-order chi connectivity index (χ0) is 11.0. The minimum absolute atomic E-state index is 0.552. The maximum absolute atomic E-state index is 4.16. The van der Waals surface area contributed by atoms with Gasteiger partial charge in [-0.25, -0.2) is 0 Å². The molecular weight excluding hydrogens is 180 g/mol. The molecule has 1 aromatic carbocycles. The Hall–Kier alpha value is -1.30. The number of hydrogen-bond donors (Lipinski definition) is 0. The van der Waals surface area contributed by atoms with Crippen molar-refractivity contribution in [3.8, 4) is 0 Å². The molecule has 0 saturated heterocycles. The predicted octanol–water partition coefficient (Wildman–Crippen LogP) is 4.41. The molecule has 2 rings (SSSR count). The summed E-state index contributed by atoms with van der Waals surface area (Å²) in [5.41, 5.74) is 6.80. The van der Waals surface area contributed by atoms with Gasteiger partial charge in [0.1, 0.15) is 0 Å². The molecule has 78 valence electrons. The van der Waals surface area contributed by atoms with Crippen LogP contribution in [0.1, 0.15) is 48.4 Å². The molecule has 0 heterocycles. The maximum atomic E-state index is 4.16. The molecule has 0 bridgehead atoms. The highest BCUT2D eigenvalue weighted by molar-refractivity contribution is 5.80. The molecule has 0 nitrogen and oxygen atoms in total. The summed E-state index contributed by atoms with van der Waals surface area (Å²) in [5.74, 6) is 0.552. The van der Waals surface area contributed by atoms with Crippen molar-refractivity contribution in [1.29, 1.82) is 0 Å². The average Bonchev–Trinajstić information content (AvgIpc) is 2.59. The fourth-order valence-corrected chi connectivity index (χ4v) is 2.44. The lowest BCUT2D eigenvalue weighted by atomic mass is 9.90. The summed E-state index contributed by atoms with van der Waals surface area (Å²) in [5, 5.41) is 0. The van der Waals surface area contributed by atoms with Crippen molar-refractivity contribution in [3.63, 3.8) is 0 Å². The molecule has 0 aromatic heterocycles. The molecular formula is C15H18. The Morgan fingerprint density at radius 2 is 2.00 bits per heavy atom. The van der Waals surface area contributed by atoms with Crippen molar-refractivity contribution in [2.75, 3.05) is 0 Å². The summed E-state index contributed by atoms with van der Waals surface area (Å²) in [6, 6.07) is 4.51. The average molecular weight is 198 g/mol. The first kappa shape index (κ1) is 10.2. The third kappa shape index (κ3) is 1.54. The van der Waals surface area contributed by atoms with Crippen molar-refractivity contribution >= 4 is 11.6 Å². The van der Waals surface area contributed by atoms with Crippen LogP contribution >= 0.6 is 0 Å². The van der Waals surface area contributed by atoms with Crippen LogP contribution in [0.5, 0.6) is 0 Å². The fraction of sp³-hybridized carbons (Fsp3) is 0.333. The maximum Gasteiger partial charge on any atom is -0.0123 e. The quantitative estimate of drug-likeness (QED) is 0.660. The van der Waals surface area contributed by atoms with Gasteiger partial charge in [-0.15, -0.1) is 0 Å². The molecule has 0 aliphatic heterocycles. The van der Waals surface area contributed by atoms with Gasteiger partial charge < -0.3 is 0 Å². The van der Waals surface area contributed by atoms with E-state index in [1.54, 1.807) is 0 Å². The normalized spacial score (nSPS) is 14.5. The summed E-state index contributed by atoms with van der Waals surface area (Å²) >= 11 is 0. The van der Waals surface area contributed by atoms with Crippen molar-refractivity contribution in [3.05, 3.63) is 47.5 Å². The molecule has 0 spiro atoms. The minimum Gasteiger partial charge on any atom is -0.0984 e. The van der Waals surface area contributed by atoms with Gasteiger partial charge in [0, 0.05) is 0 Å². The standard InChI is InChI=1S/C15H18/c1-5-13-14(10(2)3)9-8-12-7-6-11(4)15(12)13/h5,8-10H,1,4,6-7H2,2-3H3. The van der Waals surface area contributed by atoms with E-state index in [0.29, 0.717) is 5.92 Å². The molecule has 0 radical (unpaired) electrons. The first-order chi connectivity index (χ1) is 7.15. The van der Waals surface area contributed by atoms with Gasteiger partial charge in [-0.3, -0.25) is 0 Å². The van der Waals surface area contributed by atoms with Crippen LogP contribution < -0.4 is 0 Å². The highest BCUT2D eigenvalue weighted by atomic mass is 14.2. The Morgan fingerprint density at radius 3 is 2.60 bits per heavy atom. The van der Waals surface area contributed by atoms with Gasteiger partial charge in [-0.1, -0.05) is 45.2 Å². The van der Waals surface area contributed by atoms with Gasteiger partial charge in [0.15, 0.2) is 0 Å². The summed E-state index contributed by atoms with van der Waals surface area (Å²) in [6.07, 6.45) is 4.25. The topological polar surface area (TPSA) is 0 Å². The molecule has 0 atom stereocenters. The van der Waals surface area contributed by atoms with Gasteiger partial charge >= 0.3 is 0 Å². The zero-order valence-corrected chi connectivity index (χ0v) is 9.64. The minimum atomic E-state index is 0.552. The second-order valence-corrected chi connectivity index (χ2v) is 4.56. The van der Waals surface area contributed by atoms with Crippen LogP contribution in [0.25, 0.3) is 11.6 Å². The Kier molecular flexibility index (Phi) is 2.52. The molecule has 15 heavy (non-hydrogen) atoms. The van der Waals surface area contributed by atoms with Crippen LogP contribution in [0.2, 0.25) is 0 Å². The molecule has 0 amide bonds. The summed E-state index contributed by atoms with van der Waals surface area (Å²) in [7, 11) is 0. The van der Waals surface area contributed by atoms with Crippen molar-refractivity contribution in [2.45, 2.75) is 32.6 Å². The van der Waals surface area contributed by atoms with E-state index in [2.05, 4.69) is 39.1 Å². The molecule has 1 aromatic rings. The SMILES string of the molecule is C=Cc1c(C(C)C)ccc2c1C(=C)CC2. The Labute approximate surface area is 92.3 Å². The van der Waals surface area contributed by atoms with Crippen LogP contribution in [-0.2, 0) is 6.42 Å². The molecule has 1 aliphatic rings. The Balaban J connectivity index is 2.68. The smallest absolute Gasteiger partial charge is 0.0123 e. The van der Waals surface area contributed by atoms with E-state index in [0.717, 1.165) is 12.8 Å². The summed E-state index contributed by atoms with van der Waals surface area (Å²) in [6.45, 7) is 12.6. The largest absolute Gasteiger partial charge is 0.0984 e. The molecule has 1 aliphatic carbocycles. The highest BCUT2D eigenvalue weighted by Crippen LogP contribution is 2.37. The first-order valence-corrected chi connectivity index (χ1v) is 5.61. The molecule has 0 saturated carbocycles. The second kappa shape index (κ2) is 3.69. The molecule has 0 unspecified atom stereocenters. The molecule has 0 fully saturated rings. The second-order valence-electron chi connectivity index (χ2n) is 4.56. The number of hydrogen-bond acceptors (Lipinski definition) is 0. The van der Waals surface area contributed by atoms with Gasteiger partial charge in [0.2, 0.25) is 0 Å². The monoisotopic (exact) mass is 198 g/mol. The highest BCUT2D eigenvalue weighted by Gasteiger charge is 2.19. The third-order valence-corrected chi connectivity index (χ3v) is 3.24. The molecule has 0 heteroatoms. The number of allylic oxidation sites excluding steroid dienone is 1. The lowest BCUT2D eigenvalue weighted by Gasteiger charge is -2.14. The predicted molar refractivity (Wildman–Crippen MR) is 68.0 cm³/mol. The molecule has 0 N–H and O–H groups in total. The number of benzene rings is 1. The van der Waals surface area contributed by atoms with E-state index in [9.17, 15) is 0 Å². The fourth-order valence-electron chi connectivity index (χ4n) is 2.44. The number of fused-ring (bicyclic) bond motifs is 1. The van der Waals surface area contributed by atoms with Crippen molar-refractivity contribution in [2.24, 2.45) is 0 Å². The van der Waals surface area contributed by atoms with Crippen molar-refractivity contribution in [1.82, 2.24) is 0 Å². The van der Waals surface area contributed by atoms with Crippen LogP contribution in [0, 0.1) is 0 Å². The van der Waals surface area contributed by atoms with Gasteiger partial charge in [0.25, 0.3) is 0 Å². The number of aryl methyl sites for hydroxylation is 1. The van der Waals surface area contributed by atoms with Gasteiger partial charge in [-0.2, -0.15) is 0 Å². The Bertz CT molecular complexity index is 422. The van der Waals surface area contributed by atoms with E-state index in [1.165, 1.54) is 27.8 Å². The van der Waals surface area contributed by atoms with Gasteiger partial charge in [0.05, 0.1) is 0 Å². The lowest BCUT2D eigenvalue weighted by Crippen LogP contribution is -1.96. The van der Waals surface area contributed by atoms with E-state index in [-0.39, 0.29) is 0 Å². The van der Waals surface area contributed by atoms with E-state index >= 15 is 0 Å². The number of rotatable bonds is 2. The van der Waals surface area contributed by atoms with Gasteiger partial charge in [-0.05, 0) is 46.6 Å². The summed E-state index contributed by atoms with van der Waals surface area (Å²) in [4.78, 5) is 0. The van der Waals surface area contributed by atoms with Crippen LogP contribution in [0.3, 0.4) is 0 Å². The van der Waals surface area contributed by atoms with Crippen LogP contribution in [-0.4, -0.2) is 0 Å². The Morgan fingerprint density at radius 1 is 1.27 bits per heavy atom. The van der Waals surface area contributed by atoms with E-state index in [4.69, 9.17) is 0 Å². The zero-order valence-electron chi connectivity index (χ0n) is 9.64. The van der Waals surface area contributed by atoms with E-state index in [1.807, 2.05) is 6.08 Å². The van der Waals surface area contributed by atoms with Crippen LogP contribution in [0.15, 0.2) is 25.3 Å². The lowest BCUT2D eigenvalue weighted by molar-refractivity contribution is 0.862. The first-order valence-electron chi connectivity index (χ1n) is 5.61. The van der Waals surface area contributed by atoms with E-state index < -0.39 is 0 Å². The van der Waals surface area contributed by atoms with Crippen molar-refractivity contribution < 1.29 is 0 Å². The van der Waals surface area contributed by atoms with Crippen LogP contribution in [0.4, 0.5) is 0 Å².